The Kier molecular flexibility index (Phi) is 4.98. The predicted octanol–water partition coefficient (Wildman–Crippen LogP) is 2.90. The number of anilines is 1. The fourth-order valence-electron chi connectivity index (χ4n) is 2.88. The van der Waals surface area contributed by atoms with Gasteiger partial charge in [-0.25, -0.2) is 4.99 Å². The second-order valence-corrected chi connectivity index (χ2v) is 6.00. The van der Waals surface area contributed by atoms with Crippen molar-refractivity contribution >= 4 is 23.2 Å². The summed E-state index contributed by atoms with van der Waals surface area (Å²) >= 11 is 0. The number of benzene rings is 2. The van der Waals surface area contributed by atoms with Crippen LogP contribution >= 0.6 is 0 Å². The summed E-state index contributed by atoms with van der Waals surface area (Å²) in [6.45, 7) is -0.298. The van der Waals surface area contributed by atoms with Gasteiger partial charge in [0.2, 0.25) is 12.1 Å². The van der Waals surface area contributed by atoms with Gasteiger partial charge < -0.3 is 5.32 Å². The minimum Gasteiger partial charge on any atom is -0.327 e. The molecule has 1 aliphatic rings. The molecule has 1 aliphatic heterocycles. The number of rotatable bonds is 3. The van der Waals surface area contributed by atoms with Crippen LogP contribution in [0.3, 0.4) is 0 Å². The average molecular weight is 375 g/mol. The normalized spacial score (nSPS) is 17.0. The molecule has 1 atom stereocenters. The first-order chi connectivity index (χ1) is 12.8. The molecule has 27 heavy (non-hydrogen) atoms. The van der Waals surface area contributed by atoms with Crippen molar-refractivity contribution in [2.45, 2.75) is 19.3 Å². The molecular weight excluding hydrogens is 359 g/mol. The molecule has 0 spiro atoms. The molecule has 0 radical (unpaired) electrons. The van der Waals surface area contributed by atoms with Gasteiger partial charge in [-0.15, -0.1) is 0 Å². The number of para-hydroxylation sites is 1. The first-order valence-corrected chi connectivity index (χ1v) is 8.14. The molecule has 3 rings (SSSR count). The van der Waals surface area contributed by atoms with Crippen LogP contribution in [0, 0.1) is 0 Å². The number of carbonyl (C=O) groups excluding carboxylic acids is 2. The minimum atomic E-state index is -4.61. The maximum atomic E-state index is 13.1. The second kappa shape index (κ2) is 7.22. The maximum absolute atomic E-state index is 13.1. The first-order valence-electron chi connectivity index (χ1n) is 8.14. The summed E-state index contributed by atoms with van der Waals surface area (Å²) in [4.78, 5) is 29.2. The van der Waals surface area contributed by atoms with E-state index in [1.165, 1.54) is 13.0 Å². The zero-order valence-corrected chi connectivity index (χ0v) is 14.3. The van der Waals surface area contributed by atoms with Crippen molar-refractivity contribution in [3.63, 3.8) is 0 Å². The number of fused-ring (bicyclic) bond motifs is 1. The smallest absolute Gasteiger partial charge is 0.327 e. The number of halogens is 3. The molecule has 2 aromatic rings. The van der Waals surface area contributed by atoms with E-state index in [2.05, 4.69) is 10.3 Å². The van der Waals surface area contributed by atoms with Gasteiger partial charge in [-0.2, -0.15) is 13.2 Å². The Morgan fingerprint density at radius 1 is 1.11 bits per heavy atom. The molecule has 8 heteroatoms. The topological polar surface area (TPSA) is 61.8 Å². The average Bonchev–Trinajstić information content (AvgIpc) is 2.72. The molecule has 2 amide bonds. The minimum absolute atomic E-state index is 0.0929. The SMILES string of the molecule is CC(=O)NC1N=C(c2ccccc2)c2ccccc2N(CC(F)(F)F)C1=O. The third-order valence-corrected chi connectivity index (χ3v) is 3.93. The van der Waals surface area contributed by atoms with Crippen molar-refractivity contribution in [3.8, 4) is 0 Å². The lowest BCUT2D eigenvalue weighted by Gasteiger charge is -2.26. The summed E-state index contributed by atoms with van der Waals surface area (Å²) in [5.41, 5.74) is 1.44. The molecule has 0 bridgehead atoms. The van der Waals surface area contributed by atoms with Crippen LogP contribution in [0.2, 0.25) is 0 Å². The van der Waals surface area contributed by atoms with Crippen LogP contribution in [0.15, 0.2) is 59.6 Å². The summed E-state index contributed by atoms with van der Waals surface area (Å²) in [7, 11) is 0. The number of nitrogens with one attached hydrogen (secondary N) is 1. The summed E-state index contributed by atoms with van der Waals surface area (Å²) in [6, 6.07) is 15.0. The Bertz CT molecular complexity index is 895. The highest BCUT2D eigenvalue weighted by Crippen LogP contribution is 2.30. The summed E-state index contributed by atoms with van der Waals surface area (Å²) in [6.07, 6.45) is -6.06. The van der Waals surface area contributed by atoms with Gasteiger partial charge in [-0.05, 0) is 6.07 Å². The van der Waals surface area contributed by atoms with Gasteiger partial charge >= 0.3 is 6.18 Å². The summed E-state index contributed by atoms with van der Waals surface area (Å²) in [5.74, 6) is -1.51. The van der Waals surface area contributed by atoms with Crippen LogP contribution in [0.4, 0.5) is 18.9 Å². The molecule has 0 aromatic heterocycles. The van der Waals surface area contributed by atoms with Crippen LogP contribution in [0.1, 0.15) is 18.1 Å². The standard InChI is InChI=1S/C19H16F3N3O2/c1-12(26)23-17-18(27)25(11-19(20,21)22)15-10-6-5-9-14(15)16(24-17)13-7-3-2-4-8-13/h2-10,17H,11H2,1H3,(H,23,26). The monoisotopic (exact) mass is 375 g/mol. The molecule has 2 aromatic carbocycles. The number of aliphatic imine (C=N–C) groups is 1. The van der Waals surface area contributed by atoms with Crippen LogP contribution in [-0.2, 0) is 9.59 Å². The van der Waals surface area contributed by atoms with Gasteiger partial charge in [0, 0.05) is 18.1 Å². The van der Waals surface area contributed by atoms with Crippen molar-refractivity contribution in [3.05, 3.63) is 65.7 Å². The van der Waals surface area contributed by atoms with Crippen LogP contribution in [0.5, 0.6) is 0 Å². The first kappa shape index (κ1) is 18.6. The molecule has 140 valence electrons. The Hall–Kier alpha value is -3.16. The highest BCUT2D eigenvalue weighted by atomic mass is 19.4. The number of hydrogen-bond acceptors (Lipinski definition) is 3. The van der Waals surface area contributed by atoms with E-state index in [0.29, 0.717) is 21.7 Å². The van der Waals surface area contributed by atoms with E-state index in [1.54, 1.807) is 48.5 Å². The third-order valence-electron chi connectivity index (χ3n) is 3.93. The van der Waals surface area contributed by atoms with E-state index in [4.69, 9.17) is 0 Å². The number of amides is 2. The molecular formula is C19H16F3N3O2. The van der Waals surface area contributed by atoms with Gasteiger partial charge in [-0.1, -0.05) is 48.5 Å². The zero-order valence-electron chi connectivity index (χ0n) is 14.3. The molecule has 1 heterocycles. The van der Waals surface area contributed by atoms with Crippen LogP contribution < -0.4 is 10.2 Å². The Balaban J connectivity index is 2.21. The number of nitrogens with zero attached hydrogens (tertiary/aromatic N) is 2. The Morgan fingerprint density at radius 2 is 1.74 bits per heavy atom. The molecule has 0 aliphatic carbocycles. The predicted molar refractivity (Wildman–Crippen MR) is 94.5 cm³/mol. The highest BCUT2D eigenvalue weighted by Gasteiger charge is 2.39. The molecule has 0 fully saturated rings. The zero-order chi connectivity index (χ0) is 19.6. The van der Waals surface area contributed by atoms with E-state index < -0.39 is 30.7 Å². The molecule has 1 unspecified atom stereocenters. The Morgan fingerprint density at radius 3 is 2.37 bits per heavy atom. The largest absolute Gasteiger partial charge is 0.406 e. The van der Waals surface area contributed by atoms with E-state index in [1.807, 2.05) is 0 Å². The summed E-state index contributed by atoms with van der Waals surface area (Å²) < 4.78 is 39.4. The fraction of sp³-hybridized carbons (Fsp3) is 0.211. The lowest BCUT2D eigenvalue weighted by Crippen LogP contribution is -2.49. The molecule has 0 saturated carbocycles. The number of carbonyl (C=O) groups is 2. The van der Waals surface area contributed by atoms with Gasteiger partial charge in [0.25, 0.3) is 5.91 Å². The van der Waals surface area contributed by atoms with E-state index in [0.717, 1.165) is 0 Å². The van der Waals surface area contributed by atoms with E-state index >= 15 is 0 Å². The third kappa shape index (κ3) is 4.16. The quantitative estimate of drug-likeness (QED) is 0.897. The van der Waals surface area contributed by atoms with Crippen molar-refractivity contribution in [1.82, 2.24) is 5.32 Å². The second-order valence-electron chi connectivity index (χ2n) is 6.00. The Labute approximate surface area is 153 Å². The summed E-state index contributed by atoms with van der Waals surface area (Å²) in [5, 5.41) is 2.34. The van der Waals surface area contributed by atoms with Crippen LogP contribution in [0.25, 0.3) is 0 Å². The van der Waals surface area contributed by atoms with Crippen molar-refractivity contribution < 1.29 is 22.8 Å². The van der Waals surface area contributed by atoms with Gasteiger partial charge in [-0.3, -0.25) is 14.5 Å². The number of benzodiazepines with no additional fused rings is 1. The maximum Gasteiger partial charge on any atom is 0.406 e. The lowest BCUT2D eigenvalue weighted by atomic mass is 10.0. The van der Waals surface area contributed by atoms with Gasteiger partial charge in [0.1, 0.15) is 6.54 Å². The van der Waals surface area contributed by atoms with Crippen LogP contribution in [-0.4, -0.2) is 36.4 Å². The number of alkyl halides is 3. The van der Waals surface area contributed by atoms with Crippen molar-refractivity contribution in [2.75, 3.05) is 11.4 Å². The van der Waals surface area contributed by atoms with Gasteiger partial charge in [0.15, 0.2) is 0 Å². The highest BCUT2D eigenvalue weighted by molar-refractivity contribution is 6.20. The van der Waals surface area contributed by atoms with Crippen molar-refractivity contribution in [1.29, 1.82) is 0 Å². The molecule has 0 saturated heterocycles. The van der Waals surface area contributed by atoms with E-state index in [9.17, 15) is 22.8 Å². The van der Waals surface area contributed by atoms with Gasteiger partial charge in [0.05, 0.1) is 11.4 Å². The van der Waals surface area contributed by atoms with E-state index in [-0.39, 0.29) is 5.69 Å². The molecule has 1 N–H and O–H groups in total. The molecule has 5 nitrogen and oxygen atoms in total. The fourth-order valence-corrected chi connectivity index (χ4v) is 2.88. The van der Waals surface area contributed by atoms with Crippen molar-refractivity contribution in [2.24, 2.45) is 4.99 Å². The number of hydrogen-bond donors (Lipinski definition) is 1. The lowest BCUT2D eigenvalue weighted by molar-refractivity contribution is -0.134.